The Bertz CT molecular complexity index is 924. The molecular formula is C24H34IN7. The maximum absolute atomic E-state index is 4.77. The number of aromatic nitrogens is 3. The molecule has 0 spiro atoms. The van der Waals surface area contributed by atoms with Crippen molar-refractivity contribution in [1.29, 1.82) is 0 Å². The molecule has 3 rings (SSSR count). The Labute approximate surface area is 208 Å². The van der Waals surface area contributed by atoms with Crippen LogP contribution in [-0.4, -0.2) is 51.8 Å². The van der Waals surface area contributed by atoms with Crippen molar-refractivity contribution in [3.8, 4) is 5.69 Å². The van der Waals surface area contributed by atoms with Gasteiger partial charge in [-0.25, -0.2) is 4.99 Å². The van der Waals surface area contributed by atoms with Crippen LogP contribution in [0, 0.1) is 0 Å². The second-order valence-electron chi connectivity index (χ2n) is 7.18. The summed E-state index contributed by atoms with van der Waals surface area (Å²) >= 11 is 0. The minimum atomic E-state index is 0. The van der Waals surface area contributed by atoms with Gasteiger partial charge in [0, 0.05) is 18.8 Å². The van der Waals surface area contributed by atoms with Crippen LogP contribution in [0.2, 0.25) is 0 Å². The lowest BCUT2D eigenvalue weighted by Gasteiger charge is -2.30. The molecular weight excluding hydrogens is 513 g/mol. The molecule has 3 aromatic rings. The first-order chi connectivity index (χ1) is 15.3. The van der Waals surface area contributed by atoms with Gasteiger partial charge in [0.15, 0.2) is 11.8 Å². The summed E-state index contributed by atoms with van der Waals surface area (Å²) in [5.41, 5.74) is 2.33. The number of aliphatic imine (C=N–C) groups is 1. The molecule has 172 valence electrons. The molecule has 0 amide bonds. The van der Waals surface area contributed by atoms with E-state index in [0.29, 0.717) is 6.54 Å². The highest BCUT2D eigenvalue weighted by Crippen LogP contribution is 2.19. The van der Waals surface area contributed by atoms with Crippen LogP contribution in [0.15, 0.2) is 72.0 Å². The smallest absolute Gasteiger partial charge is 0.191 e. The zero-order chi connectivity index (χ0) is 21.9. The standard InChI is InChI=1S/C24H33N7.HI/c1-4-25-24(26-17-22(30(5-2)6-3)20-13-9-7-10-14-20)27-18-23-29-28-19-31(23)21-15-11-8-12-16-21;/h7-16,19,22H,4-6,17-18H2,1-3H3,(H2,25,26,27);1H. The van der Waals surface area contributed by atoms with E-state index >= 15 is 0 Å². The molecule has 32 heavy (non-hydrogen) atoms. The minimum absolute atomic E-state index is 0. The monoisotopic (exact) mass is 547 g/mol. The van der Waals surface area contributed by atoms with Gasteiger partial charge in [-0.1, -0.05) is 62.4 Å². The summed E-state index contributed by atoms with van der Waals surface area (Å²) in [4.78, 5) is 7.23. The molecule has 0 aliphatic rings. The van der Waals surface area contributed by atoms with Gasteiger partial charge in [-0.15, -0.1) is 34.2 Å². The molecule has 0 aliphatic carbocycles. The van der Waals surface area contributed by atoms with E-state index in [0.717, 1.165) is 43.7 Å². The number of para-hydroxylation sites is 1. The molecule has 0 radical (unpaired) electrons. The van der Waals surface area contributed by atoms with Crippen molar-refractivity contribution in [3.05, 3.63) is 78.4 Å². The Balaban J connectivity index is 0.00000363. The molecule has 1 heterocycles. The summed E-state index contributed by atoms with van der Waals surface area (Å²) in [6.07, 6.45) is 1.73. The number of guanidine groups is 1. The zero-order valence-electron chi connectivity index (χ0n) is 19.1. The van der Waals surface area contributed by atoms with Crippen LogP contribution in [0.25, 0.3) is 5.69 Å². The van der Waals surface area contributed by atoms with Crippen molar-refractivity contribution in [1.82, 2.24) is 30.3 Å². The lowest BCUT2D eigenvalue weighted by Crippen LogP contribution is -2.43. The molecule has 0 aliphatic heterocycles. The second kappa shape index (κ2) is 13.8. The molecule has 0 saturated carbocycles. The van der Waals surface area contributed by atoms with Gasteiger partial charge in [-0.3, -0.25) is 9.47 Å². The summed E-state index contributed by atoms with van der Waals surface area (Å²) in [7, 11) is 0. The molecule has 1 unspecified atom stereocenters. The number of halogens is 1. The second-order valence-corrected chi connectivity index (χ2v) is 7.18. The van der Waals surface area contributed by atoms with Gasteiger partial charge in [-0.05, 0) is 37.7 Å². The average Bonchev–Trinajstić information content (AvgIpc) is 3.30. The lowest BCUT2D eigenvalue weighted by atomic mass is 10.1. The molecule has 0 saturated heterocycles. The van der Waals surface area contributed by atoms with Crippen molar-refractivity contribution in [2.45, 2.75) is 33.4 Å². The van der Waals surface area contributed by atoms with E-state index in [1.165, 1.54) is 5.56 Å². The van der Waals surface area contributed by atoms with Crippen molar-refractivity contribution in [2.75, 3.05) is 26.2 Å². The normalized spacial score (nSPS) is 12.3. The average molecular weight is 547 g/mol. The lowest BCUT2D eigenvalue weighted by molar-refractivity contribution is 0.219. The van der Waals surface area contributed by atoms with E-state index in [-0.39, 0.29) is 30.0 Å². The number of hydrogen-bond donors (Lipinski definition) is 2. The summed E-state index contributed by atoms with van der Waals surface area (Å²) in [6.45, 7) is 10.5. The predicted octanol–water partition coefficient (Wildman–Crippen LogP) is 4.02. The van der Waals surface area contributed by atoms with E-state index in [1.807, 2.05) is 34.9 Å². The third kappa shape index (κ3) is 7.03. The van der Waals surface area contributed by atoms with E-state index in [2.05, 4.69) is 76.8 Å². The van der Waals surface area contributed by atoms with E-state index in [1.54, 1.807) is 6.33 Å². The number of benzene rings is 2. The molecule has 7 nitrogen and oxygen atoms in total. The van der Waals surface area contributed by atoms with Crippen LogP contribution >= 0.6 is 24.0 Å². The minimum Gasteiger partial charge on any atom is -0.357 e. The largest absolute Gasteiger partial charge is 0.357 e. The fourth-order valence-corrected chi connectivity index (χ4v) is 3.65. The predicted molar refractivity (Wildman–Crippen MR) is 142 cm³/mol. The third-order valence-corrected chi connectivity index (χ3v) is 5.28. The van der Waals surface area contributed by atoms with Crippen LogP contribution in [-0.2, 0) is 6.54 Å². The van der Waals surface area contributed by atoms with E-state index in [4.69, 9.17) is 4.99 Å². The maximum Gasteiger partial charge on any atom is 0.191 e. The molecule has 1 atom stereocenters. The first kappa shape index (κ1) is 25.8. The van der Waals surface area contributed by atoms with Gasteiger partial charge < -0.3 is 10.6 Å². The van der Waals surface area contributed by atoms with Crippen molar-refractivity contribution in [3.63, 3.8) is 0 Å². The first-order valence-electron chi connectivity index (χ1n) is 11.0. The number of hydrogen-bond acceptors (Lipinski definition) is 4. The summed E-state index contributed by atoms with van der Waals surface area (Å²) in [6, 6.07) is 21.0. The highest BCUT2D eigenvalue weighted by molar-refractivity contribution is 14.0. The van der Waals surface area contributed by atoms with Gasteiger partial charge in [0.25, 0.3) is 0 Å². The van der Waals surface area contributed by atoms with Gasteiger partial charge in [0.1, 0.15) is 12.9 Å². The number of rotatable bonds is 10. The Kier molecular flexibility index (Phi) is 11.2. The highest BCUT2D eigenvalue weighted by atomic mass is 127. The number of nitrogens with one attached hydrogen (secondary N) is 2. The van der Waals surface area contributed by atoms with Crippen molar-refractivity contribution >= 4 is 29.9 Å². The van der Waals surface area contributed by atoms with Gasteiger partial charge in [-0.2, -0.15) is 0 Å². The topological polar surface area (TPSA) is 70.4 Å². The fourth-order valence-electron chi connectivity index (χ4n) is 3.65. The SMILES string of the molecule is CCNC(=NCc1nncn1-c1ccccc1)NCC(c1ccccc1)N(CC)CC.I. The highest BCUT2D eigenvalue weighted by Gasteiger charge is 2.18. The summed E-state index contributed by atoms with van der Waals surface area (Å²) < 4.78 is 1.97. The quantitative estimate of drug-likeness (QED) is 0.228. The van der Waals surface area contributed by atoms with Crippen LogP contribution < -0.4 is 10.6 Å². The Morgan fingerprint density at radius 1 is 0.969 bits per heavy atom. The Morgan fingerprint density at radius 3 is 2.25 bits per heavy atom. The van der Waals surface area contributed by atoms with Crippen molar-refractivity contribution in [2.24, 2.45) is 4.99 Å². The van der Waals surface area contributed by atoms with Gasteiger partial charge >= 0.3 is 0 Å². The molecule has 1 aromatic heterocycles. The third-order valence-electron chi connectivity index (χ3n) is 5.28. The number of likely N-dealkylation sites (N-methyl/N-ethyl adjacent to an activating group) is 1. The summed E-state index contributed by atoms with van der Waals surface area (Å²) in [5.74, 6) is 1.57. The summed E-state index contributed by atoms with van der Waals surface area (Å²) in [5, 5.41) is 15.2. The molecule has 2 N–H and O–H groups in total. The molecule has 0 bridgehead atoms. The Hall–Kier alpha value is -2.46. The first-order valence-corrected chi connectivity index (χ1v) is 11.0. The van der Waals surface area contributed by atoms with Gasteiger partial charge in [0.2, 0.25) is 0 Å². The molecule has 2 aromatic carbocycles. The fraction of sp³-hybridized carbons (Fsp3) is 0.375. The van der Waals surface area contributed by atoms with Crippen LogP contribution in [0.4, 0.5) is 0 Å². The molecule has 8 heteroatoms. The molecule has 0 fully saturated rings. The number of nitrogens with zero attached hydrogens (tertiary/aromatic N) is 5. The van der Waals surface area contributed by atoms with E-state index < -0.39 is 0 Å². The van der Waals surface area contributed by atoms with Gasteiger partial charge in [0.05, 0.1) is 6.04 Å². The maximum atomic E-state index is 4.77. The van der Waals surface area contributed by atoms with Crippen LogP contribution in [0.5, 0.6) is 0 Å². The van der Waals surface area contributed by atoms with Crippen molar-refractivity contribution < 1.29 is 0 Å². The van der Waals surface area contributed by atoms with Crippen LogP contribution in [0.3, 0.4) is 0 Å². The Morgan fingerprint density at radius 2 is 1.62 bits per heavy atom. The van der Waals surface area contributed by atoms with Crippen LogP contribution in [0.1, 0.15) is 38.2 Å². The van der Waals surface area contributed by atoms with E-state index in [9.17, 15) is 0 Å². The zero-order valence-corrected chi connectivity index (χ0v) is 21.4.